The molecule has 1 aromatic heterocycles. The number of halogens is 2. The number of fused-ring (bicyclic) bond motifs is 1. The Kier molecular flexibility index (Phi) is 4.50. The normalized spacial score (nSPS) is 15.9. The highest BCUT2D eigenvalue weighted by molar-refractivity contribution is 9.10. The lowest BCUT2D eigenvalue weighted by atomic mass is 10.0. The first kappa shape index (κ1) is 14.6. The van der Waals surface area contributed by atoms with Crippen molar-refractivity contribution in [2.75, 3.05) is 5.75 Å². The second-order valence-electron chi connectivity index (χ2n) is 4.95. The molecule has 2 N–H and O–H groups in total. The second-order valence-corrected chi connectivity index (χ2v) is 8.14. The van der Waals surface area contributed by atoms with Crippen LogP contribution in [0.3, 0.4) is 0 Å². The van der Waals surface area contributed by atoms with Crippen LogP contribution in [0.25, 0.3) is 0 Å². The summed E-state index contributed by atoms with van der Waals surface area (Å²) in [6.45, 7) is 0. The zero-order valence-corrected chi connectivity index (χ0v) is 14.1. The molecule has 1 aliphatic heterocycles. The Morgan fingerprint density at radius 3 is 3.00 bits per heavy atom. The van der Waals surface area contributed by atoms with E-state index in [1.54, 1.807) is 17.4 Å². The highest BCUT2D eigenvalue weighted by Gasteiger charge is 2.18. The van der Waals surface area contributed by atoms with Crippen LogP contribution in [0.4, 0.5) is 4.39 Å². The van der Waals surface area contributed by atoms with Gasteiger partial charge in [-0.05, 0) is 54.0 Å². The Bertz CT molecular complexity index is 603. The number of benzene rings is 1. The molecule has 0 amide bonds. The van der Waals surface area contributed by atoms with Gasteiger partial charge in [0, 0.05) is 26.0 Å². The van der Waals surface area contributed by atoms with E-state index in [0.717, 1.165) is 16.6 Å². The van der Waals surface area contributed by atoms with Crippen LogP contribution in [-0.4, -0.2) is 5.75 Å². The fraction of sp³-hybridized carbons (Fsp3) is 0.333. The first-order chi connectivity index (χ1) is 9.63. The van der Waals surface area contributed by atoms with E-state index < -0.39 is 0 Å². The van der Waals surface area contributed by atoms with Crippen LogP contribution < -0.4 is 5.73 Å². The van der Waals surface area contributed by atoms with E-state index in [1.165, 1.54) is 27.1 Å². The maximum Gasteiger partial charge on any atom is 0.126 e. The Hall–Kier alpha value is -0.360. The minimum absolute atomic E-state index is 0.126. The van der Waals surface area contributed by atoms with E-state index in [9.17, 15) is 4.39 Å². The largest absolute Gasteiger partial charge is 0.323 e. The molecule has 3 rings (SSSR count). The topological polar surface area (TPSA) is 26.0 Å². The molecule has 20 heavy (non-hydrogen) atoms. The number of hydrogen-bond donors (Lipinski definition) is 1. The zero-order chi connectivity index (χ0) is 14.1. The van der Waals surface area contributed by atoms with Crippen molar-refractivity contribution in [3.63, 3.8) is 0 Å². The molecule has 0 bridgehead atoms. The fourth-order valence-electron chi connectivity index (χ4n) is 2.39. The number of hydrogen-bond acceptors (Lipinski definition) is 3. The number of thiophene rings is 1. The predicted molar refractivity (Wildman–Crippen MR) is 88.9 cm³/mol. The maximum absolute atomic E-state index is 13.8. The molecule has 2 aromatic rings. The summed E-state index contributed by atoms with van der Waals surface area (Å²) in [5.74, 6) is 2.10. The molecule has 1 aliphatic rings. The molecule has 5 heteroatoms. The molecule has 1 aromatic carbocycles. The monoisotopic (exact) mass is 371 g/mol. The van der Waals surface area contributed by atoms with Crippen LogP contribution in [0.5, 0.6) is 0 Å². The lowest BCUT2D eigenvalue weighted by Gasteiger charge is -2.10. The smallest absolute Gasteiger partial charge is 0.126 e. The number of nitrogens with two attached hydrogens (primary N) is 1. The number of rotatable bonds is 3. The molecule has 0 spiro atoms. The number of thioether (sulfide) groups is 1. The molecule has 1 nitrogen and oxygen atoms in total. The van der Waals surface area contributed by atoms with Gasteiger partial charge in [-0.25, -0.2) is 4.39 Å². The maximum atomic E-state index is 13.8. The van der Waals surface area contributed by atoms with Gasteiger partial charge >= 0.3 is 0 Å². The van der Waals surface area contributed by atoms with Crippen LogP contribution in [0, 0.1) is 5.82 Å². The Labute approximate surface area is 134 Å². The van der Waals surface area contributed by atoms with Gasteiger partial charge in [0.05, 0.1) is 0 Å². The fourth-order valence-corrected chi connectivity index (χ4v) is 5.18. The average molecular weight is 372 g/mol. The summed E-state index contributed by atoms with van der Waals surface area (Å²) in [4.78, 5) is 2.64. The molecule has 0 aliphatic carbocycles. The first-order valence-electron chi connectivity index (χ1n) is 6.52. The summed E-state index contributed by atoms with van der Waals surface area (Å²) in [6, 6.07) is 7.11. The minimum atomic E-state index is -0.180. The van der Waals surface area contributed by atoms with Crippen molar-refractivity contribution in [1.82, 2.24) is 0 Å². The third kappa shape index (κ3) is 3.11. The van der Waals surface area contributed by atoms with Crippen LogP contribution in [-0.2, 0) is 18.6 Å². The molecule has 1 unspecified atom stereocenters. The Morgan fingerprint density at radius 2 is 2.20 bits per heavy atom. The van der Waals surface area contributed by atoms with Crippen molar-refractivity contribution in [3.05, 3.63) is 55.4 Å². The van der Waals surface area contributed by atoms with Gasteiger partial charge in [-0.15, -0.1) is 11.3 Å². The van der Waals surface area contributed by atoms with Gasteiger partial charge in [-0.3, -0.25) is 0 Å². The van der Waals surface area contributed by atoms with E-state index >= 15 is 0 Å². The standard InChI is InChI=1S/C15H15BrFNS2/c16-11-1-2-12(17)9(5-11)6-13(18)15-7-10-8-19-4-3-14(10)20-15/h1-2,5,7,13H,3-4,6,8,18H2. The Balaban J connectivity index is 1.80. The molecule has 0 saturated heterocycles. The summed E-state index contributed by atoms with van der Waals surface area (Å²) in [5, 5.41) is 0. The van der Waals surface area contributed by atoms with Gasteiger partial charge in [0.1, 0.15) is 5.82 Å². The second kappa shape index (κ2) is 6.18. The van der Waals surface area contributed by atoms with Crippen molar-refractivity contribution in [2.45, 2.75) is 24.6 Å². The van der Waals surface area contributed by atoms with Crippen LogP contribution in [0.2, 0.25) is 0 Å². The summed E-state index contributed by atoms with van der Waals surface area (Å²) in [6.07, 6.45) is 1.68. The first-order valence-corrected chi connectivity index (χ1v) is 9.28. The summed E-state index contributed by atoms with van der Waals surface area (Å²) >= 11 is 7.15. The number of aryl methyl sites for hydroxylation is 1. The van der Waals surface area contributed by atoms with Crippen molar-refractivity contribution in [3.8, 4) is 0 Å². The van der Waals surface area contributed by atoms with Gasteiger partial charge in [0.2, 0.25) is 0 Å². The molecular weight excluding hydrogens is 357 g/mol. The van der Waals surface area contributed by atoms with Gasteiger partial charge in [0.15, 0.2) is 0 Å². The molecule has 0 radical (unpaired) electrons. The quantitative estimate of drug-likeness (QED) is 0.847. The third-order valence-corrected chi connectivity index (χ3v) is 6.33. The van der Waals surface area contributed by atoms with Gasteiger partial charge in [-0.1, -0.05) is 15.9 Å². The van der Waals surface area contributed by atoms with Crippen molar-refractivity contribution >= 4 is 39.0 Å². The van der Waals surface area contributed by atoms with Crippen molar-refractivity contribution < 1.29 is 4.39 Å². The van der Waals surface area contributed by atoms with Crippen molar-refractivity contribution in [2.24, 2.45) is 5.73 Å². The van der Waals surface area contributed by atoms with E-state index in [2.05, 4.69) is 22.0 Å². The van der Waals surface area contributed by atoms with Crippen LogP contribution >= 0.6 is 39.0 Å². The summed E-state index contributed by atoms with van der Waals surface area (Å²) in [5.41, 5.74) is 8.38. The van der Waals surface area contributed by atoms with E-state index in [-0.39, 0.29) is 11.9 Å². The highest BCUT2D eigenvalue weighted by atomic mass is 79.9. The zero-order valence-electron chi connectivity index (χ0n) is 10.9. The molecule has 0 saturated carbocycles. The molecule has 1 atom stereocenters. The summed E-state index contributed by atoms with van der Waals surface area (Å²) < 4.78 is 14.7. The molecule has 0 fully saturated rings. The molecule has 2 heterocycles. The lowest BCUT2D eigenvalue weighted by molar-refractivity contribution is 0.594. The van der Waals surface area contributed by atoms with Gasteiger partial charge in [0.25, 0.3) is 0 Å². The Morgan fingerprint density at radius 1 is 1.35 bits per heavy atom. The van der Waals surface area contributed by atoms with Crippen LogP contribution in [0.15, 0.2) is 28.7 Å². The average Bonchev–Trinajstić information content (AvgIpc) is 2.87. The summed E-state index contributed by atoms with van der Waals surface area (Å²) in [7, 11) is 0. The van der Waals surface area contributed by atoms with Gasteiger partial charge < -0.3 is 5.73 Å². The van der Waals surface area contributed by atoms with Crippen molar-refractivity contribution in [1.29, 1.82) is 0 Å². The predicted octanol–water partition coefficient (Wildman–Crippen LogP) is 4.68. The van der Waals surface area contributed by atoms with E-state index in [1.807, 2.05) is 17.8 Å². The third-order valence-electron chi connectivity index (χ3n) is 3.46. The minimum Gasteiger partial charge on any atom is -0.323 e. The highest BCUT2D eigenvalue weighted by Crippen LogP contribution is 2.35. The lowest BCUT2D eigenvalue weighted by Crippen LogP contribution is -2.12. The van der Waals surface area contributed by atoms with E-state index in [0.29, 0.717) is 12.0 Å². The SMILES string of the molecule is NC(Cc1cc(Br)ccc1F)c1cc2c(s1)CCSC2. The molecular formula is C15H15BrFNS2. The molecule has 106 valence electrons. The van der Waals surface area contributed by atoms with Gasteiger partial charge in [-0.2, -0.15) is 11.8 Å². The van der Waals surface area contributed by atoms with E-state index in [4.69, 9.17) is 5.73 Å². The van der Waals surface area contributed by atoms with Crippen LogP contribution in [0.1, 0.15) is 26.9 Å².